The Morgan fingerprint density at radius 1 is 0.962 bits per heavy atom. The summed E-state index contributed by atoms with van der Waals surface area (Å²) >= 11 is 6.11. The zero-order valence-corrected chi connectivity index (χ0v) is 13.8. The number of halogens is 1. The number of amides is 2. The third-order valence-electron chi connectivity index (χ3n) is 3.81. The lowest BCUT2D eigenvalue weighted by Gasteiger charge is -2.12. The van der Waals surface area contributed by atoms with E-state index in [1.807, 2.05) is 0 Å². The molecule has 0 saturated heterocycles. The van der Waals surface area contributed by atoms with Gasteiger partial charge in [-0.05, 0) is 24.3 Å². The summed E-state index contributed by atoms with van der Waals surface area (Å²) < 4.78 is 5.25. The number of hydroxylamine groups is 2. The van der Waals surface area contributed by atoms with Crippen LogP contribution in [0.1, 0.15) is 31.2 Å². The quantitative estimate of drug-likeness (QED) is 0.658. The fourth-order valence-electron chi connectivity index (χ4n) is 2.60. The van der Waals surface area contributed by atoms with Crippen molar-refractivity contribution in [3.63, 3.8) is 0 Å². The molecular weight excluding hydrogens is 360 g/mol. The molecule has 0 saturated carbocycles. The average Bonchev–Trinajstić information content (AvgIpc) is 3.22. The van der Waals surface area contributed by atoms with Crippen molar-refractivity contribution in [2.24, 2.45) is 0 Å². The highest BCUT2D eigenvalue weighted by Gasteiger charge is 2.39. The van der Waals surface area contributed by atoms with Gasteiger partial charge in [-0.3, -0.25) is 9.59 Å². The van der Waals surface area contributed by atoms with Gasteiger partial charge in [0.1, 0.15) is 0 Å². The Bertz CT molecular complexity index is 1020. The van der Waals surface area contributed by atoms with Crippen LogP contribution in [0, 0.1) is 0 Å². The Hall–Kier alpha value is -3.45. The van der Waals surface area contributed by atoms with Gasteiger partial charge in [0.25, 0.3) is 11.8 Å². The lowest BCUT2D eigenvalue weighted by Crippen LogP contribution is -2.32. The first-order valence-electron chi connectivity index (χ1n) is 7.46. The molecule has 0 fully saturated rings. The van der Waals surface area contributed by atoms with Gasteiger partial charge >= 0.3 is 5.97 Å². The smallest absolute Gasteiger partial charge is 0.386 e. The predicted molar refractivity (Wildman–Crippen MR) is 89.3 cm³/mol. The number of carbonyl (C=O) groups excluding carboxylic acids is 3. The molecule has 128 valence electrons. The van der Waals surface area contributed by atoms with Crippen molar-refractivity contribution < 1.29 is 23.6 Å². The average molecular weight is 369 g/mol. The van der Waals surface area contributed by atoms with Crippen molar-refractivity contribution in [1.29, 1.82) is 0 Å². The molecule has 2 amide bonds. The Morgan fingerprint density at radius 2 is 1.54 bits per heavy atom. The monoisotopic (exact) mass is 368 g/mol. The highest BCUT2D eigenvalue weighted by molar-refractivity contribution is 6.33. The molecule has 1 aliphatic heterocycles. The van der Waals surface area contributed by atoms with Gasteiger partial charge in [0.2, 0.25) is 0 Å². The van der Waals surface area contributed by atoms with E-state index < -0.39 is 17.8 Å². The van der Waals surface area contributed by atoms with Gasteiger partial charge in [-0.2, -0.15) is 0 Å². The minimum atomic E-state index is -1.01. The lowest BCUT2D eigenvalue weighted by molar-refractivity contribution is -0.0587. The molecule has 7 nitrogen and oxygen atoms in total. The SMILES string of the molecule is O=C(ON1C(=O)c2ccccc2C1=O)c1ncoc1-c1ccccc1Cl. The fourth-order valence-corrected chi connectivity index (χ4v) is 2.83. The molecule has 8 heteroatoms. The number of imide groups is 1. The van der Waals surface area contributed by atoms with Crippen molar-refractivity contribution in [2.45, 2.75) is 0 Å². The molecule has 1 aliphatic rings. The van der Waals surface area contributed by atoms with Gasteiger partial charge in [-0.15, -0.1) is 0 Å². The normalized spacial score (nSPS) is 13.0. The standard InChI is InChI=1S/C18H9ClN2O5/c19-13-8-4-3-7-12(13)15-14(20-9-25-15)18(24)26-21-16(22)10-5-1-2-6-11(10)17(21)23/h1-9H. The predicted octanol–water partition coefficient (Wildman–Crippen LogP) is 3.36. The van der Waals surface area contributed by atoms with Gasteiger partial charge in [-0.1, -0.05) is 40.9 Å². The molecule has 3 aromatic rings. The van der Waals surface area contributed by atoms with Gasteiger partial charge in [0, 0.05) is 5.56 Å². The first-order chi connectivity index (χ1) is 12.6. The first kappa shape index (κ1) is 16.0. The van der Waals surface area contributed by atoms with Crippen LogP contribution in [0.3, 0.4) is 0 Å². The number of rotatable bonds is 3. The number of oxazole rings is 1. The highest BCUT2D eigenvalue weighted by Crippen LogP contribution is 2.31. The third kappa shape index (κ3) is 2.46. The Morgan fingerprint density at radius 3 is 2.15 bits per heavy atom. The minimum Gasteiger partial charge on any atom is -0.442 e. The second-order valence-corrected chi connectivity index (χ2v) is 5.75. The van der Waals surface area contributed by atoms with E-state index in [0.717, 1.165) is 6.39 Å². The van der Waals surface area contributed by atoms with Crippen LogP contribution in [0.4, 0.5) is 0 Å². The van der Waals surface area contributed by atoms with Crippen LogP contribution in [0.25, 0.3) is 11.3 Å². The summed E-state index contributed by atoms with van der Waals surface area (Å²) in [5, 5.41) is 0.761. The molecular formula is C18H9ClN2O5. The van der Waals surface area contributed by atoms with Gasteiger partial charge in [-0.25, -0.2) is 9.78 Å². The maximum atomic E-state index is 12.5. The van der Waals surface area contributed by atoms with E-state index in [9.17, 15) is 14.4 Å². The van der Waals surface area contributed by atoms with Crippen molar-refractivity contribution in [3.05, 3.63) is 76.8 Å². The van der Waals surface area contributed by atoms with Crippen LogP contribution in [0.15, 0.2) is 59.3 Å². The summed E-state index contributed by atoms with van der Waals surface area (Å²) in [5.74, 6) is -2.37. The first-order valence-corrected chi connectivity index (χ1v) is 7.84. The van der Waals surface area contributed by atoms with Crippen LogP contribution in [0.2, 0.25) is 5.02 Å². The van der Waals surface area contributed by atoms with Crippen LogP contribution >= 0.6 is 11.6 Å². The van der Waals surface area contributed by atoms with Crippen LogP contribution in [0.5, 0.6) is 0 Å². The summed E-state index contributed by atoms with van der Waals surface area (Å²) in [6.45, 7) is 0. The van der Waals surface area contributed by atoms with Crippen molar-refractivity contribution >= 4 is 29.4 Å². The summed E-state index contributed by atoms with van der Waals surface area (Å²) in [4.78, 5) is 45.9. The second kappa shape index (κ2) is 6.12. The topological polar surface area (TPSA) is 89.7 Å². The van der Waals surface area contributed by atoms with Gasteiger partial charge in [0.15, 0.2) is 17.8 Å². The zero-order chi connectivity index (χ0) is 18.3. The van der Waals surface area contributed by atoms with E-state index in [-0.39, 0.29) is 22.6 Å². The maximum absolute atomic E-state index is 12.5. The summed E-state index contributed by atoms with van der Waals surface area (Å²) in [6, 6.07) is 12.9. The minimum absolute atomic E-state index is 0.0807. The molecule has 0 unspecified atom stereocenters. The molecule has 26 heavy (non-hydrogen) atoms. The molecule has 1 aromatic heterocycles. The second-order valence-electron chi connectivity index (χ2n) is 5.34. The molecule has 0 bridgehead atoms. The molecule has 4 rings (SSSR count). The lowest BCUT2D eigenvalue weighted by atomic mass is 10.1. The molecule has 0 N–H and O–H groups in total. The molecule has 0 radical (unpaired) electrons. The Kier molecular flexibility index (Phi) is 3.78. The summed E-state index contributed by atoms with van der Waals surface area (Å²) in [7, 11) is 0. The molecule has 0 atom stereocenters. The van der Waals surface area contributed by atoms with Crippen LogP contribution < -0.4 is 0 Å². The number of fused-ring (bicyclic) bond motifs is 1. The number of aromatic nitrogens is 1. The molecule has 0 aliphatic carbocycles. The van der Waals surface area contributed by atoms with Crippen LogP contribution in [-0.2, 0) is 4.84 Å². The maximum Gasteiger partial charge on any atom is 0.386 e. The fraction of sp³-hybridized carbons (Fsp3) is 0. The number of nitrogens with zero attached hydrogens (tertiary/aromatic N) is 2. The Labute approximate surface area is 151 Å². The van der Waals surface area contributed by atoms with E-state index in [0.29, 0.717) is 15.6 Å². The molecule has 2 heterocycles. The number of hydrogen-bond acceptors (Lipinski definition) is 6. The van der Waals surface area contributed by atoms with E-state index in [1.165, 1.54) is 12.1 Å². The number of benzene rings is 2. The number of carbonyl (C=O) groups is 3. The van der Waals surface area contributed by atoms with E-state index in [1.54, 1.807) is 36.4 Å². The van der Waals surface area contributed by atoms with E-state index in [2.05, 4.69) is 4.98 Å². The van der Waals surface area contributed by atoms with Crippen LogP contribution in [-0.4, -0.2) is 27.8 Å². The van der Waals surface area contributed by atoms with E-state index >= 15 is 0 Å². The largest absolute Gasteiger partial charge is 0.442 e. The molecule has 0 spiro atoms. The van der Waals surface area contributed by atoms with Crippen molar-refractivity contribution in [1.82, 2.24) is 10.0 Å². The van der Waals surface area contributed by atoms with Crippen molar-refractivity contribution in [2.75, 3.05) is 0 Å². The Balaban J connectivity index is 1.64. The van der Waals surface area contributed by atoms with Gasteiger partial charge < -0.3 is 9.25 Å². The number of hydrogen-bond donors (Lipinski definition) is 0. The zero-order valence-electron chi connectivity index (χ0n) is 13.0. The van der Waals surface area contributed by atoms with Crippen molar-refractivity contribution in [3.8, 4) is 11.3 Å². The summed E-state index contributed by atoms with van der Waals surface area (Å²) in [5.41, 5.74) is 0.559. The third-order valence-corrected chi connectivity index (χ3v) is 4.14. The molecule has 2 aromatic carbocycles. The summed E-state index contributed by atoms with van der Waals surface area (Å²) in [6.07, 6.45) is 1.05. The highest BCUT2D eigenvalue weighted by atomic mass is 35.5. The van der Waals surface area contributed by atoms with E-state index in [4.69, 9.17) is 20.9 Å². The van der Waals surface area contributed by atoms with Gasteiger partial charge in [0.05, 0.1) is 16.1 Å².